The van der Waals surface area contributed by atoms with Crippen molar-refractivity contribution in [3.63, 3.8) is 0 Å². The SMILES string of the molecule is CN(Cc1ccc2[nH]ccc2c1)C1COCC1F. The molecule has 3 rings (SSSR count). The molecule has 1 aromatic carbocycles. The first-order valence-electron chi connectivity index (χ1n) is 6.22. The Balaban J connectivity index is 1.74. The van der Waals surface area contributed by atoms with E-state index in [1.54, 1.807) is 0 Å². The molecule has 1 aliphatic heterocycles. The van der Waals surface area contributed by atoms with Crippen LogP contribution in [0, 0.1) is 0 Å². The Morgan fingerprint density at radius 3 is 3.06 bits per heavy atom. The molecular weight excluding hydrogens is 231 g/mol. The maximum absolute atomic E-state index is 13.6. The number of benzene rings is 1. The summed E-state index contributed by atoms with van der Waals surface area (Å²) in [6.45, 7) is 1.46. The Labute approximate surface area is 106 Å². The van der Waals surface area contributed by atoms with Gasteiger partial charge in [-0.05, 0) is 36.2 Å². The zero-order chi connectivity index (χ0) is 12.5. The molecule has 0 radical (unpaired) electrons. The van der Waals surface area contributed by atoms with Crippen molar-refractivity contribution >= 4 is 10.9 Å². The van der Waals surface area contributed by atoms with Gasteiger partial charge in [0.05, 0.1) is 19.3 Å². The molecule has 0 bridgehead atoms. The van der Waals surface area contributed by atoms with E-state index in [9.17, 15) is 4.39 Å². The number of fused-ring (bicyclic) bond motifs is 1. The van der Waals surface area contributed by atoms with Crippen molar-refractivity contribution in [2.24, 2.45) is 0 Å². The zero-order valence-corrected chi connectivity index (χ0v) is 10.4. The Kier molecular flexibility index (Phi) is 3.06. The van der Waals surface area contributed by atoms with Gasteiger partial charge in [-0.3, -0.25) is 4.90 Å². The van der Waals surface area contributed by atoms with Crippen LogP contribution in [-0.2, 0) is 11.3 Å². The molecule has 0 amide bonds. The van der Waals surface area contributed by atoms with Gasteiger partial charge in [0.25, 0.3) is 0 Å². The van der Waals surface area contributed by atoms with Crippen LogP contribution in [0.1, 0.15) is 5.56 Å². The summed E-state index contributed by atoms with van der Waals surface area (Å²) in [7, 11) is 1.95. The molecule has 0 aliphatic carbocycles. The van der Waals surface area contributed by atoms with Gasteiger partial charge >= 0.3 is 0 Å². The summed E-state index contributed by atoms with van der Waals surface area (Å²) in [4.78, 5) is 5.20. The Morgan fingerprint density at radius 1 is 1.39 bits per heavy atom. The number of hydrogen-bond donors (Lipinski definition) is 1. The normalized spacial score (nSPS) is 24.2. The maximum atomic E-state index is 13.6. The molecule has 18 heavy (non-hydrogen) atoms. The minimum Gasteiger partial charge on any atom is -0.377 e. The molecule has 2 atom stereocenters. The number of alkyl halides is 1. The van der Waals surface area contributed by atoms with Gasteiger partial charge in [-0.15, -0.1) is 0 Å². The molecule has 2 aromatic rings. The van der Waals surface area contributed by atoms with E-state index in [-0.39, 0.29) is 12.6 Å². The molecule has 0 spiro atoms. The van der Waals surface area contributed by atoms with E-state index in [2.05, 4.69) is 29.2 Å². The largest absolute Gasteiger partial charge is 0.377 e. The molecule has 96 valence electrons. The van der Waals surface area contributed by atoms with Crippen LogP contribution in [-0.4, -0.2) is 42.4 Å². The lowest BCUT2D eigenvalue weighted by Gasteiger charge is -2.24. The van der Waals surface area contributed by atoms with E-state index >= 15 is 0 Å². The van der Waals surface area contributed by atoms with Gasteiger partial charge < -0.3 is 9.72 Å². The Hall–Kier alpha value is -1.39. The zero-order valence-electron chi connectivity index (χ0n) is 10.4. The van der Waals surface area contributed by atoms with Crippen molar-refractivity contribution in [2.45, 2.75) is 18.8 Å². The summed E-state index contributed by atoms with van der Waals surface area (Å²) in [5, 5.41) is 1.19. The van der Waals surface area contributed by atoms with Crippen molar-refractivity contribution in [3.05, 3.63) is 36.0 Å². The van der Waals surface area contributed by atoms with Crippen LogP contribution in [0.3, 0.4) is 0 Å². The van der Waals surface area contributed by atoms with Crippen molar-refractivity contribution in [1.82, 2.24) is 9.88 Å². The van der Waals surface area contributed by atoms with E-state index in [0.29, 0.717) is 6.61 Å². The molecule has 1 N–H and O–H groups in total. The highest BCUT2D eigenvalue weighted by molar-refractivity contribution is 5.79. The number of H-pyrrole nitrogens is 1. The summed E-state index contributed by atoms with van der Waals surface area (Å²) in [6.07, 6.45) is 1.06. The van der Waals surface area contributed by atoms with Crippen molar-refractivity contribution < 1.29 is 9.13 Å². The van der Waals surface area contributed by atoms with E-state index in [1.165, 1.54) is 10.9 Å². The van der Waals surface area contributed by atoms with Crippen LogP contribution in [0.4, 0.5) is 4.39 Å². The lowest BCUT2D eigenvalue weighted by atomic mass is 10.1. The van der Waals surface area contributed by atoms with Crippen LogP contribution in [0.15, 0.2) is 30.5 Å². The van der Waals surface area contributed by atoms with Gasteiger partial charge in [0.15, 0.2) is 0 Å². The first-order valence-corrected chi connectivity index (χ1v) is 6.22. The quantitative estimate of drug-likeness (QED) is 0.903. The molecule has 2 heterocycles. The second-order valence-electron chi connectivity index (χ2n) is 4.94. The van der Waals surface area contributed by atoms with Gasteiger partial charge in [0.2, 0.25) is 0 Å². The Morgan fingerprint density at radius 2 is 2.28 bits per heavy atom. The van der Waals surface area contributed by atoms with Gasteiger partial charge in [-0.1, -0.05) is 6.07 Å². The minimum absolute atomic E-state index is 0.119. The van der Waals surface area contributed by atoms with Gasteiger partial charge in [0.1, 0.15) is 6.17 Å². The fourth-order valence-electron chi connectivity index (χ4n) is 2.53. The average molecular weight is 248 g/mol. The minimum atomic E-state index is -0.869. The maximum Gasteiger partial charge on any atom is 0.141 e. The van der Waals surface area contributed by atoms with Crippen LogP contribution >= 0.6 is 0 Å². The number of hydrogen-bond acceptors (Lipinski definition) is 2. The summed E-state index contributed by atoms with van der Waals surface area (Å²) in [5.41, 5.74) is 2.33. The van der Waals surface area contributed by atoms with Gasteiger partial charge in [0, 0.05) is 18.3 Å². The smallest absolute Gasteiger partial charge is 0.141 e. The summed E-state index contributed by atoms with van der Waals surface area (Å²) >= 11 is 0. The van der Waals surface area contributed by atoms with Gasteiger partial charge in [-0.25, -0.2) is 4.39 Å². The Bertz CT molecular complexity index is 539. The van der Waals surface area contributed by atoms with E-state index in [1.807, 2.05) is 18.1 Å². The topological polar surface area (TPSA) is 28.3 Å². The lowest BCUT2D eigenvalue weighted by molar-refractivity contribution is 0.154. The second kappa shape index (κ2) is 4.71. The third-order valence-electron chi connectivity index (χ3n) is 3.60. The highest BCUT2D eigenvalue weighted by atomic mass is 19.1. The highest BCUT2D eigenvalue weighted by Gasteiger charge is 2.31. The van der Waals surface area contributed by atoms with E-state index in [4.69, 9.17) is 4.74 Å². The fraction of sp³-hybridized carbons (Fsp3) is 0.429. The third-order valence-corrected chi connectivity index (χ3v) is 3.60. The molecule has 1 aliphatic rings. The van der Waals surface area contributed by atoms with Crippen LogP contribution in [0.2, 0.25) is 0 Å². The number of rotatable bonds is 3. The standard InChI is InChI=1S/C14H17FN2O/c1-17(14-9-18-8-12(14)15)7-10-2-3-13-11(6-10)4-5-16-13/h2-6,12,14,16H,7-9H2,1H3. The number of aromatic amines is 1. The van der Waals surface area contributed by atoms with Crippen LogP contribution < -0.4 is 0 Å². The predicted octanol–water partition coefficient (Wildman–Crippen LogP) is 2.34. The summed E-state index contributed by atoms with van der Waals surface area (Å²) in [6, 6.07) is 8.22. The van der Waals surface area contributed by atoms with Crippen LogP contribution in [0.25, 0.3) is 10.9 Å². The molecule has 1 aromatic heterocycles. The molecule has 1 saturated heterocycles. The third kappa shape index (κ3) is 2.13. The number of nitrogens with one attached hydrogen (secondary N) is 1. The van der Waals surface area contributed by atoms with E-state index < -0.39 is 6.17 Å². The van der Waals surface area contributed by atoms with Crippen molar-refractivity contribution in [2.75, 3.05) is 20.3 Å². The first-order chi connectivity index (χ1) is 8.74. The van der Waals surface area contributed by atoms with E-state index in [0.717, 1.165) is 12.1 Å². The van der Waals surface area contributed by atoms with Crippen molar-refractivity contribution in [3.8, 4) is 0 Å². The number of ether oxygens (including phenoxy) is 1. The molecule has 0 saturated carbocycles. The fourth-order valence-corrected chi connectivity index (χ4v) is 2.53. The number of halogens is 1. The molecule has 2 unspecified atom stereocenters. The predicted molar refractivity (Wildman–Crippen MR) is 69.3 cm³/mol. The summed E-state index contributed by atoms with van der Waals surface area (Å²) in [5.74, 6) is 0. The average Bonchev–Trinajstić information content (AvgIpc) is 2.96. The first kappa shape index (κ1) is 11.7. The highest BCUT2D eigenvalue weighted by Crippen LogP contribution is 2.19. The monoisotopic (exact) mass is 248 g/mol. The number of aromatic nitrogens is 1. The van der Waals surface area contributed by atoms with Crippen molar-refractivity contribution in [1.29, 1.82) is 0 Å². The molecule has 1 fully saturated rings. The molecule has 4 heteroatoms. The van der Waals surface area contributed by atoms with Gasteiger partial charge in [-0.2, -0.15) is 0 Å². The van der Waals surface area contributed by atoms with Crippen LogP contribution in [0.5, 0.6) is 0 Å². The lowest BCUT2D eigenvalue weighted by Crippen LogP contribution is -2.38. The second-order valence-corrected chi connectivity index (χ2v) is 4.94. The summed E-state index contributed by atoms with van der Waals surface area (Å²) < 4.78 is 18.7. The molecule has 3 nitrogen and oxygen atoms in total. The molecular formula is C14H17FN2O. The number of nitrogens with zero attached hydrogens (tertiary/aromatic N) is 1. The number of likely N-dealkylation sites (N-methyl/N-ethyl adjacent to an activating group) is 1.